The molecule has 0 saturated heterocycles. The van der Waals surface area contributed by atoms with Crippen LogP contribution in [0.15, 0.2) is 36.4 Å². The van der Waals surface area contributed by atoms with Gasteiger partial charge in [-0.2, -0.15) is 0 Å². The lowest BCUT2D eigenvalue weighted by molar-refractivity contribution is 0.628. The molecule has 0 aliphatic rings. The van der Waals surface area contributed by atoms with Crippen LogP contribution in [0.3, 0.4) is 0 Å². The van der Waals surface area contributed by atoms with E-state index in [0.29, 0.717) is 5.88 Å². The summed E-state index contributed by atoms with van der Waals surface area (Å²) in [6.45, 7) is 1.93. The van der Waals surface area contributed by atoms with Crippen LogP contribution in [-0.4, -0.2) is 12.0 Å². The van der Waals surface area contributed by atoms with E-state index in [2.05, 4.69) is 4.98 Å². The number of hydrogen-bond donors (Lipinski definition) is 0. The summed E-state index contributed by atoms with van der Waals surface area (Å²) in [7, 11) is 1.90. The summed E-state index contributed by atoms with van der Waals surface area (Å²) in [4.78, 5) is 6.36. The van der Waals surface area contributed by atoms with Crippen LogP contribution in [0.1, 0.15) is 11.3 Å². The average molecular weight is 265 g/mol. The second kappa shape index (κ2) is 5.36. The Labute approximate surface area is 111 Å². The summed E-state index contributed by atoms with van der Waals surface area (Å²) < 4.78 is 12.9. The van der Waals surface area contributed by atoms with Crippen LogP contribution in [0.2, 0.25) is 0 Å². The zero-order valence-corrected chi connectivity index (χ0v) is 11.1. The number of alkyl halides is 1. The number of aryl methyl sites for hydroxylation is 1. The Morgan fingerprint density at radius 3 is 2.50 bits per heavy atom. The molecule has 2 aromatic rings. The first-order valence-corrected chi connectivity index (χ1v) is 6.16. The van der Waals surface area contributed by atoms with Gasteiger partial charge < -0.3 is 4.90 Å². The SMILES string of the molecule is Cc1cc(CCl)cc(N(C)c2ccc(F)cc2)n1. The number of rotatable bonds is 3. The average Bonchev–Trinajstić information content (AvgIpc) is 2.38. The van der Waals surface area contributed by atoms with E-state index < -0.39 is 0 Å². The minimum atomic E-state index is -0.245. The van der Waals surface area contributed by atoms with Gasteiger partial charge in [-0.25, -0.2) is 9.37 Å². The van der Waals surface area contributed by atoms with Crippen LogP contribution < -0.4 is 4.90 Å². The van der Waals surface area contributed by atoms with Crippen LogP contribution in [0, 0.1) is 12.7 Å². The van der Waals surface area contributed by atoms with E-state index in [0.717, 1.165) is 22.8 Å². The van der Waals surface area contributed by atoms with E-state index in [1.807, 2.05) is 31.0 Å². The van der Waals surface area contributed by atoms with Gasteiger partial charge in [0.1, 0.15) is 11.6 Å². The molecule has 0 aliphatic carbocycles. The third-order valence-electron chi connectivity index (χ3n) is 2.71. The van der Waals surface area contributed by atoms with E-state index in [-0.39, 0.29) is 5.82 Å². The van der Waals surface area contributed by atoms with Crippen molar-refractivity contribution in [2.75, 3.05) is 11.9 Å². The van der Waals surface area contributed by atoms with E-state index in [1.54, 1.807) is 12.1 Å². The summed E-state index contributed by atoms with van der Waals surface area (Å²) in [6.07, 6.45) is 0. The normalized spacial score (nSPS) is 10.4. The molecule has 0 bridgehead atoms. The lowest BCUT2D eigenvalue weighted by Crippen LogP contribution is -2.12. The van der Waals surface area contributed by atoms with Gasteiger partial charge in [0.25, 0.3) is 0 Å². The van der Waals surface area contributed by atoms with E-state index in [4.69, 9.17) is 11.6 Å². The number of pyridine rings is 1. The van der Waals surface area contributed by atoms with Gasteiger partial charge in [0.15, 0.2) is 0 Å². The van der Waals surface area contributed by atoms with Crippen molar-refractivity contribution in [3.05, 3.63) is 53.5 Å². The number of anilines is 2. The highest BCUT2D eigenvalue weighted by Crippen LogP contribution is 2.23. The van der Waals surface area contributed by atoms with Gasteiger partial charge in [-0.15, -0.1) is 11.6 Å². The highest BCUT2D eigenvalue weighted by atomic mass is 35.5. The molecular formula is C14H14ClFN2. The Bertz CT molecular complexity index is 540. The Hall–Kier alpha value is -1.61. The minimum Gasteiger partial charge on any atom is -0.329 e. The minimum absolute atomic E-state index is 0.245. The van der Waals surface area contributed by atoms with Crippen LogP contribution >= 0.6 is 11.6 Å². The predicted molar refractivity (Wildman–Crippen MR) is 73.0 cm³/mol. The highest BCUT2D eigenvalue weighted by Gasteiger charge is 2.07. The fourth-order valence-electron chi connectivity index (χ4n) is 1.77. The second-order valence-corrected chi connectivity index (χ2v) is 4.41. The molecule has 0 N–H and O–H groups in total. The molecule has 1 aromatic carbocycles. The first kappa shape index (κ1) is 12.8. The Balaban J connectivity index is 2.35. The number of halogens is 2. The van der Waals surface area contributed by atoms with E-state index >= 15 is 0 Å². The van der Waals surface area contributed by atoms with Crippen molar-refractivity contribution in [2.45, 2.75) is 12.8 Å². The molecule has 0 atom stereocenters. The molecule has 0 amide bonds. The largest absolute Gasteiger partial charge is 0.329 e. The molecule has 0 fully saturated rings. The zero-order valence-electron chi connectivity index (χ0n) is 10.3. The van der Waals surface area contributed by atoms with Gasteiger partial charge in [-0.1, -0.05) is 0 Å². The van der Waals surface area contributed by atoms with Crippen LogP contribution in [-0.2, 0) is 5.88 Å². The van der Waals surface area contributed by atoms with Crippen LogP contribution in [0.25, 0.3) is 0 Å². The number of aromatic nitrogens is 1. The summed E-state index contributed by atoms with van der Waals surface area (Å²) in [5.74, 6) is 1.01. The van der Waals surface area contributed by atoms with Gasteiger partial charge >= 0.3 is 0 Å². The lowest BCUT2D eigenvalue weighted by atomic mass is 10.2. The Morgan fingerprint density at radius 2 is 1.89 bits per heavy atom. The summed E-state index contributed by atoms with van der Waals surface area (Å²) in [5.41, 5.74) is 2.82. The van der Waals surface area contributed by atoms with Gasteiger partial charge in [-0.05, 0) is 48.9 Å². The standard InChI is InChI=1S/C14H14ClFN2/c1-10-7-11(9-15)8-14(17-10)18(2)13-5-3-12(16)4-6-13/h3-8H,9H2,1-2H3. The fraction of sp³-hybridized carbons (Fsp3) is 0.214. The van der Waals surface area contributed by atoms with Crippen molar-refractivity contribution >= 4 is 23.1 Å². The molecule has 18 heavy (non-hydrogen) atoms. The maximum atomic E-state index is 12.9. The molecule has 2 rings (SSSR count). The molecule has 0 radical (unpaired) electrons. The third kappa shape index (κ3) is 2.79. The van der Waals surface area contributed by atoms with Crippen molar-refractivity contribution in [1.82, 2.24) is 4.98 Å². The van der Waals surface area contributed by atoms with Gasteiger partial charge in [0.05, 0.1) is 0 Å². The Kier molecular flexibility index (Phi) is 3.82. The number of hydrogen-bond acceptors (Lipinski definition) is 2. The maximum Gasteiger partial charge on any atom is 0.133 e. The fourth-order valence-corrected chi connectivity index (χ4v) is 1.92. The molecule has 0 unspecified atom stereocenters. The zero-order chi connectivity index (χ0) is 13.1. The predicted octanol–water partition coefficient (Wildman–Crippen LogP) is 4.04. The monoisotopic (exact) mass is 264 g/mol. The van der Waals surface area contributed by atoms with E-state index in [1.165, 1.54) is 12.1 Å². The molecule has 1 heterocycles. The molecule has 0 spiro atoms. The summed E-state index contributed by atoms with van der Waals surface area (Å²) >= 11 is 5.85. The molecule has 0 aliphatic heterocycles. The topological polar surface area (TPSA) is 16.1 Å². The van der Waals surface area contributed by atoms with Crippen molar-refractivity contribution in [2.24, 2.45) is 0 Å². The van der Waals surface area contributed by atoms with Crippen molar-refractivity contribution in [3.8, 4) is 0 Å². The molecule has 94 valence electrons. The number of nitrogens with zero attached hydrogens (tertiary/aromatic N) is 2. The first-order chi connectivity index (χ1) is 8.60. The lowest BCUT2D eigenvalue weighted by Gasteiger charge is -2.19. The van der Waals surface area contributed by atoms with Gasteiger partial charge in [0, 0.05) is 24.3 Å². The summed E-state index contributed by atoms with van der Waals surface area (Å²) in [5, 5.41) is 0. The molecule has 4 heteroatoms. The molecular weight excluding hydrogens is 251 g/mol. The van der Waals surface area contributed by atoms with Crippen molar-refractivity contribution in [3.63, 3.8) is 0 Å². The maximum absolute atomic E-state index is 12.9. The second-order valence-electron chi connectivity index (χ2n) is 4.14. The van der Waals surface area contributed by atoms with Gasteiger partial charge in [0.2, 0.25) is 0 Å². The van der Waals surface area contributed by atoms with Crippen molar-refractivity contribution < 1.29 is 4.39 Å². The summed E-state index contributed by atoms with van der Waals surface area (Å²) in [6, 6.07) is 10.2. The highest BCUT2D eigenvalue weighted by molar-refractivity contribution is 6.17. The quantitative estimate of drug-likeness (QED) is 0.778. The van der Waals surface area contributed by atoms with Crippen molar-refractivity contribution in [1.29, 1.82) is 0 Å². The molecule has 2 nitrogen and oxygen atoms in total. The van der Waals surface area contributed by atoms with Crippen LogP contribution in [0.4, 0.5) is 15.9 Å². The third-order valence-corrected chi connectivity index (χ3v) is 3.02. The Morgan fingerprint density at radius 1 is 1.22 bits per heavy atom. The smallest absolute Gasteiger partial charge is 0.133 e. The van der Waals surface area contributed by atoms with Crippen LogP contribution in [0.5, 0.6) is 0 Å². The number of benzene rings is 1. The van der Waals surface area contributed by atoms with Gasteiger partial charge in [-0.3, -0.25) is 0 Å². The molecule has 1 aromatic heterocycles. The molecule has 0 saturated carbocycles. The first-order valence-electron chi connectivity index (χ1n) is 5.63. The van der Waals surface area contributed by atoms with E-state index in [9.17, 15) is 4.39 Å².